The second-order valence-electron chi connectivity index (χ2n) is 5.46. The smallest absolute Gasteiger partial charge is 0.332 e. The van der Waals surface area contributed by atoms with Crippen molar-refractivity contribution in [3.05, 3.63) is 0 Å². The summed E-state index contributed by atoms with van der Waals surface area (Å²) in [6.45, 7) is 3.68. The van der Waals surface area contributed by atoms with Gasteiger partial charge < -0.3 is 25.8 Å². The molecule has 1 rings (SSSR count). The van der Waals surface area contributed by atoms with Crippen molar-refractivity contribution in [3.8, 4) is 0 Å². The fourth-order valence-electron chi connectivity index (χ4n) is 1.87. The second-order valence-corrected chi connectivity index (χ2v) is 5.46. The van der Waals surface area contributed by atoms with Crippen molar-refractivity contribution in [2.45, 2.75) is 25.8 Å². The molecule has 1 aliphatic heterocycles. The predicted molar refractivity (Wildman–Crippen MR) is 70.2 cm³/mol. The SMILES string of the molecule is CNC(=O)C(C)(C)CNC(=O)NC1(C(=O)O)CCOC1. The zero-order valence-corrected chi connectivity index (χ0v) is 11.9. The Morgan fingerprint density at radius 1 is 1.35 bits per heavy atom. The number of carbonyl (C=O) groups excluding carboxylic acids is 2. The monoisotopic (exact) mass is 287 g/mol. The van der Waals surface area contributed by atoms with E-state index in [0.29, 0.717) is 0 Å². The Hall–Kier alpha value is -1.83. The summed E-state index contributed by atoms with van der Waals surface area (Å²) in [6, 6.07) is -0.630. The third-order valence-corrected chi connectivity index (χ3v) is 3.32. The van der Waals surface area contributed by atoms with Gasteiger partial charge in [0.25, 0.3) is 0 Å². The molecule has 4 N–H and O–H groups in total. The van der Waals surface area contributed by atoms with Crippen LogP contribution in [-0.2, 0) is 14.3 Å². The largest absolute Gasteiger partial charge is 0.479 e. The summed E-state index contributed by atoms with van der Waals surface area (Å²) in [5.74, 6) is -1.34. The zero-order chi connectivity index (χ0) is 15.4. The molecule has 8 nitrogen and oxygen atoms in total. The highest BCUT2D eigenvalue weighted by molar-refractivity contribution is 5.87. The summed E-state index contributed by atoms with van der Waals surface area (Å²) in [7, 11) is 1.51. The zero-order valence-electron chi connectivity index (χ0n) is 11.9. The molecule has 0 aromatic carbocycles. The minimum Gasteiger partial charge on any atom is -0.479 e. The highest BCUT2D eigenvalue weighted by atomic mass is 16.5. The summed E-state index contributed by atoms with van der Waals surface area (Å²) in [5.41, 5.74) is -2.17. The van der Waals surface area contributed by atoms with Crippen molar-refractivity contribution in [2.24, 2.45) is 5.41 Å². The van der Waals surface area contributed by atoms with Gasteiger partial charge in [-0.2, -0.15) is 0 Å². The fourth-order valence-corrected chi connectivity index (χ4v) is 1.87. The van der Waals surface area contributed by atoms with Gasteiger partial charge in [0.05, 0.1) is 12.0 Å². The minimum atomic E-state index is -1.39. The van der Waals surface area contributed by atoms with Gasteiger partial charge >= 0.3 is 12.0 Å². The number of hydrogen-bond donors (Lipinski definition) is 4. The second kappa shape index (κ2) is 6.08. The molecule has 0 aromatic rings. The van der Waals surface area contributed by atoms with Crippen LogP contribution < -0.4 is 16.0 Å². The number of carbonyl (C=O) groups is 3. The number of urea groups is 1. The molecular formula is C12H21N3O5. The number of hydrogen-bond acceptors (Lipinski definition) is 4. The van der Waals surface area contributed by atoms with Gasteiger partial charge in [-0.1, -0.05) is 0 Å². The van der Waals surface area contributed by atoms with E-state index in [4.69, 9.17) is 4.74 Å². The number of amides is 3. The number of nitrogens with one attached hydrogen (secondary N) is 3. The molecule has 1 atom stereocenters. The van der Waals surface area contributed by atoms with E-state index in [2.05, 4.69) is 16.0 Å². The Morgan fingerprint density at radius 3 is 2.45 bits per heavy atom. The van der Waals surface area contributed by atoms with Crippen molar-refractivity contribution < 1.29 is 24.2 Å². The minimum absolute atomic E-state index is 0.0609. The van der Waals surface area contributed by atoms with E-state index in [1.165, 1.54) is 7.05 Å². The molecule has 8 heteroatoms. The van der Waals surface area contributed by atoms with Gasteiger partial charge in [-0.05, 0) is 13.8 Å². The first-order chi connectivity index (χ1) is 9.23. The predicted octanol–water partition coefficient (Wildman–Crippen LogP) is -0.698. The summed E-state index contributed by atoms with van der Waals surface area (Å²) in [5, 5.41) is 16.6. The van der Waals surface area contributed by atoms with Gasteiger partial charge in [0.2, 0.25) is 5.91 Å². The van der Waals surface area contributed by atoms with Crippen molar-refractivity contribution in [3.63, 3.8) is 0 Å². The van der Waals surface area contributed by atoms with Gasteiger partial charge in [-0.15, -0.1) is 0 Å². The molecule has 0 bridgehead atoms. The van der Waals surface area contributed by atoms with E-state index in [-0.39, 0.29) is 32.1 Å². The lowest BCUT2D eigenvalue weighted by atomic mass is 9.92. The van der Waals surface area contributed by atoms with Crippen LogP contribution in [0.2, 0.25) is 0 Å². The highest BCUT2D eigenvalue weighted by Gasteiger charge is 2.44. The Labute approximate surface area is 117 Å². The molecule has 1 fully saturated rings. The van der Waals surface area contributed by atoms with Crippen LogP contribution in [0, 0.1) is 5.41 Å². The van der Waals surface area contributed by atoms with Crippen LogP contribution >= 0.6 is 0 Å². The Kier molecular flexibility index (Phi) is 4.93. The topological polar surface area (TPSA) is 117 Å². The Bertz CT molecular complexity index is 402. The first-order valence-electron chi connectivity index (χ1n) is 6.33. The fraction of sp³-hybridized carbons (Fsp3) is 0.750. The van der Waals surface area contributed by atoms with Crippen LogP contribution in [0.3, 0.4) is 0 Å². The van der Waals surface area contributed by atoms with E-state index in [0.717, 1.165) is 0 Å². The molecular weight excluding hydrogens is 266 g/mol. The number of ether oxygens (including phenoxy) is 1. The summed E-state index contributed by atoms with van der Waals surface area (Å²) >= 11 is 0. The van der Waals surface area contributed by atoms with Crippen LogP contribution in [0.4, 0.5) is 4.79 Å². The van der Waals surface area contributed by atoms with Crippen LogP contribution in [-0.4, -0.2) is 55.4 Å². The van der Waals surface area contributed by atoms with Gasteiger partial charge in [0, 0.05) is 26.6 Å². The summed E-state index contributed by atoms with van der Waals surface area (Å²) in [6.07, 6.45) is 0.217. The van der Waals surface area contributed by atoms with Crippen molar-refractivity contribution in [1.82, 2.24) is 16.0 Å². The molecule has 1 heterocycles. The van der Waals surface area contributed by atoms with Crippen LogP contribution in [0.25, 0.3) is 0 Å². The maximum Gasteiger partial charge on any atom is 0.332 e. The normalized spacial score (nSPS) is 22.1. The van der Waals surface area contributed by atoms with E-state index in [1.807, 2.05) is 0 Å². The highest BCUT2D eigenvalue weighted by Crippen LogP contribution is 2.19. The molecule has 20 heavy (non-hydrogen) atoms. The van der Waals surface area contributed by atoms with E-state index >= 15 is 0 Å². The van der Waals surface area contributed by atoms with Crippen molar-refractivity contribution in [2.75, 3.05) is 26.8 Å². The molecule has 0 aliphatic carbocycles. The molecule has 3 amide bonds. The first-order valence-corrected chi connectivity index (χ1v) is 6.33. The van der Waals surface area contributed by atoms with Crippen LogP contribution in [0.1, 0.15) is 20.3 Å². The Balaban J connectivity index is 2.55. The molecule has 0 saturated carbocycles. The third-order valence-electron chi connectivity index (χ3n) is 3.32. The molecule has 1 aliphatic rings. The standard InChI is InChI=1S/C12H21N3O5/c1-11(2,8(16)13-3)6-14-10(19)15-12(9(17)18)4-5-20-7-12/h4-7H2,1-3H3,(H,13,16)(H,17,18)(H2,14,15,19). The molecule has 1 saturated heterocycles. The first kappa shape index (κ1) is 16.2. The van der Waals surface area contributed by atoms with Gasteiger partial charge in [-0.3, -0.25) is 4.79 Å². The number of aliphatic carboxylic acids is 1. The lowest BCUT2D eigenvalue weighted by Gasteiger charge is -2.26. The van der Waals surface area contributed by atoms with Crippen molar-refractivity contribution >= 4 is 17.9 Å². The maximum absolute atomic E-state index is 11.8. The maximum atomic E-state index is 11.8. The average Bonchev–Trinajstić information content (AvgIpc) is 2.85. The van der Waals surface area contributed by atoms with Crippen molar-refractivity contribution in [1.29, 1.82) is 0 Å². The molecule has 1 unspecified atom stereocenters. The molecule has 0 spiro atoms. The van der Waals surface area contributed by atoms with E-state index in [1.54, 1.807) is 13.8 Å². The number of carboxylic acids is 1. The van der Waals surface area contributed by atoms with E-state index in [9.17, 15) is 19.5 Å². The van der Waals surface area contributed by atoms with Gasteiger partial charge in [0.1, 0.15) is 0 Å². The molecule has 0 radical (unpaired) electrons. The summed E-state index contributed by atoms with van der Waals surface area (Å²) in [4.78, 5) is 34.6. The Morgan fingerprint density at radius 2 is 2.00 bits per heavy atom. The average molecular weight is 287 g/mol. The van der Waals surface area contributed by atoms with Crippen LogP contribution in [0.5, 0.6) is 0 Å². The van der Waals surface area contributed by atoms with E-state index < -0.39 is 23.0 Å². The number of carboxylic acid groups (broad SMARTS) is 1. The molecule has 0 aromatic heterocycles. The third kappa shape index (κ3) is 3.60. The summed E-state index contributed by atoms with van der Waals surface area (Å²) < 4.78 is 5.04. The lowest BCUT2D eigenvalue weighted by Crippen LogP contribution is -2.58. The lowest BCUT2D eigenvalue weighted by molar-refractivity contribution is -0.144. The molecule has 114 valence electrons. The quantitative estimate of drug-likeness (QED) is 0.533. The van der Waals surface area contributed by atoms with Gasteiger partial charge in [-0.25, -0.2) is 9.59 Å². The van der Waals surface area contributed by atoms with Crippen LogP contribution in [0.15, 0.2) is 0 Å². The van der Waals surface area contributed by atoms with Gasteiger partial charge in [0.15, 0.2) is 5.54 Å². The number of rotatable bonds is 5.